The SMILES string of the molecule is CC(C)C(c1ccc(S(=O)(=O)N(C)C)cc1)C(C)N. The molecular formula is C14H24N2O2S. The highest BCUT2D eigenvalue weighted by atomic mass is 32.2. The summed E-state index contributed by atoms with van der Waals surface area (Å²) in [6.45, 7) is 6.23. The van der Waals surface area contributed by atoms with Crippen LogP contribution in [0.3, 0.4) is 0 Å². The van der Waals surface area contributed by atoms with E-state index in [4.69, 9.17) is 5.73 Å². The lowest BCUT2D eigenvalue weighted by atomic mass is 9.83. The van der Waals surface area contributed by atoms with E-state index in [1.807, 2.05) is 19.1 Å². The van der Waals surface area contributed by atoms with Gasteiger partial charge in [0.1, 0.15) is 0 Å². The monoisotopic (exact) mass is 284 g/mol. The second-order valence-corrected chi connectivity index (χ2v) is 7.64. The summed E-state index contributed by atoms with van der Waals surface area (Å²) in [6, 6.07) is 7.08. The quantitative estimate of drug-likeness (QED) is 0.899. The summed E-state index contributed by atoms with van der Waals surface area (Å²) in [5.41, 5.74) is 7.10. The van der Waals surface area contributed by atoms with Crippen LogP contribution in [0.25, 0.3) is 0 Å². The molecule has 0 fully saturated rings. The summed E-state index contributed by atoms with van der Waals surface area (Å²) in [5.74, 6) is 0.646. The van der Waals surface area contributed by atoms with Gasteiger partial charge in [-0.15, -0.1) is 0 Å². The van der Waals surface area contributed by atoms with Crippen LogP contribution in [0.2, 0.25) is 0 Å². The molecule has 0 spiro atoms. The van der Waals surface area contributed by atoms with Crippen molar-refractivity contribution in [3.05, 3.63) is 29.8 Å². The van der Waals surface area contributed by atoms with Gasteiger partial charge in [-0.25, -0.2) is 12.7 Å². The number of sulfonamides is 1. The predicted molar refractivity (Wildman–Crippen MR) is 78.5 cm³/mol. The molecule has 0 aliphatic heterocycles. The minimum atomic E-state index is -3.36. The van der Waals surface area contributed by atoms with Gasteiger partial charge in [0.05, 0.1) is 4.90 Å². The summed E-state index contributed by atoms with van der Waals surface area (Å²) >= 11 is 0. The molecule has 0 saturated carbocycles. The van der Waals surface area contributed by atoms with Gasteiger partial charge in [0.15, 0.2) is 0 Å². The molecule has 2 unspecified atom stereocenters. The van der Waals surface area contributed by atoms with Gasteiger partial charge < -0.3 is 5.73 Å². The minimum Gasteiger partial charge on any atom is -0.327 e. The molecule has 19 heavy (non-hydrogen) atoms. The summed E-state index contributed by atoms with van der Waals surface area (Å²) in [4.78, 5) is 0.313. The van der Waals surface area contributed by atoms with Gasteiger partial charge in [-0.1, -0.05) is 26.0 Å². The highest BCUT2D eigenvalue weighted by molar-refractivity contribution is 7.89. The van der Waals surface area contributed by atoms with Crippen LogP contribution >= 0.6 is 0 Å². The Hall–Kier alpha value is -0.910. The Morgan fingerprint density at radius 3 is 1.84 bits per heavy atom. The van der Waals surface area contributed by atoms with Crippen molar-refractivity contribution in [2.75, 3.05) is 14.1 Å². The van der Waals surface area contributed by atoms with E-state index in [9.17, 15) is 8.42 Å². The molecule has 0 aromatic heterocycles. The van der Waals surface area contributed by atoms with Crippen LogP contribution in [0.4, 0.5) is 0 Å². The zero-order valence-electron chi connectivity index (χ0n) is 12.3. The maximum Gasteiger partial charge on any atom is 0.242 e. The second-order valence-electron chi connectivity index (χ2n) is 5.49. The van der Waals surface area contributed by atoms with E-state index in [0.29, 0.717) is 10.8 Å². The third kappa shape index (κ3) is 3.55. The van der Waals surface area contributed by atoms with E-state index in [0.717, 1.165) is 5.56 Å². The fourth-order valence-corrected chi connectivity index (χ4v) is 3.27. The first-order valence-corrected chi connectivity index (χ1v) is 7.90. The maximum atomic E-state index is 12.0. The summed E-state index contributed by atoms with van der Waals surface area (Å²) in [6.07, 6.45) is 0. The van der Waals surface area contributed by atoms with Crippen molar-refractivity contribution in [1.82, 2.24) is 4.31 Å². The van der Waals surface area contributed by atoms with Gasteiger partial charge in [-0.2, -0.15) is 0 Å². The summed E-state index contributed by atoms with van der Waals surface area (Å²) in [5, 5.41) is 0. The van der Waals surface area contributed by atoms with Crippen LogP contribution < -0.4 is 5.73 Å². The third-order valence-electron chi connectivity index (χ3n) is 3.33. The first kappa shape index (κ1) is 16.1. The molecule has 0 amide bonds. The van der Waals surface area contributed by atoms with E-state index in [1.54, 1.807) is 12.1 Å². The highest BCUT2D eigenvalue weighted by Crippen LogP contribution is 2.28. The van der Waals surface area contributed by atoms with Crippen molar-refractivity contribution in [2.24, 2.45) is 11.7 Å². The van der Waals surface area contributed by atoms with Crippen molar-refractivity contribution in [2.45, 2.75) is 37.6 Å². The molecule has 5 heteroatoms. The number of benzene rings is 1. The van der Waals surface area contributed by atoms with Gasteiger partial charge in [-0.05, 0) is 30.5 Å². The third-order valence-corrected chi connectivity index (χ3v) is 5.16. The van der Waals surface area contributed by atoms with Gasteiger partial charge in [0.25, 0.3) is 0 Å². The van der Waals surface area contributed by atoms with Crippen molar-refractivity contribution < 1.29 is 8.42 Å². The first-order valence-electron chi connectivity index (χ1n) is 6.46. The molecule has 108 valence electrons. The van der Waals surface area contributed by atoms with Gasteiger partial charge >= 0.3 is 0 Å². The van der Waals surface area contributed by atoms with Crippen LogP contribution in [-0.4, -0.2) is 32.9 Å². The average molecular weight is 284 g/mol. The van der Waals surface area contributed by atoms with Crippen LogP contribution in [-0.2, 0) is 10.0 Å². The zero-order valence-corrected chi connectivity index (χ0v) is 13.1. The van der Waals surface area contributed by atoms with E-state index in [1.165, 1.54) is 18.4 Å². The van der Waals surface area contributed by atoms with Gasteiger partial charge in [0, 0.05) is 26.1 Å². The summed E-state index contributed by atoms with van der Waals surface area (Å²) < 4.78 is 25.2. The predicted octanol–water partition coefficient (Wildman–Crippen LogP) is 2.02. The molecule has 1 rings (SSSR count). The Kier molecular flexibility index (Phi) is 5.12. The molecule has 1 aromatic rings. The van der Waals surface area contributed by atoms with Crippen LogP contribution in [0.5, 0.6) is 0 Å². The number of hydrogen-bond donors (Lipinski definition) is 1. The summed E-state index contributed by atoms with van der Waals surface area (Å²) in [7, 11) is -0.298. The van der Waals surface area contributed by atoms with E-state index < -0.39 is 10.0 Å². The van der Waals surface area contributed by atoms with E-state index in [-0.39, 0.29) is 12.0 Å². The molecule has 0 radical (unpaired) electrons. The zero-order chi connectivity index (χ0) is 14.8. The Bertz CT molecular complexity index is 497. The van der Waals surface area contributed by atoms with Gasteiger partial charge in [0.2, 0.25) is 10.0 Å². The fraction of sp³-hybridized carbons (Fsp3) is 0.571. The minimum absolute atomic E-state index is 0.0382. The number of nitrogens with two attached hydrogens (primary N) is 1. The van der Waals surface area contributed by atoms with Crippen LogP contribution in [0.15, 0.2) is 29.2 Å². The smallest absolute Gasteiger partial charge is 0.242 e. The lowest BCUT2D eigenvalue weighted by molar-refractivity contribution is 0.435. The number of nitrogens with zero attached hydrogens (tertiary/aromatic N) is 1. The Balaban J connectivity index is 3.12. The largest absolute Gasteiger partial charge is 0.327 e. The molecule has 0 heterocycles. The molecule has 0 aliphatic rings. The van der Waals surface area contributed by atoms with Crippen molar-refractivity contribution >= 4 is 10.0 Å². The maximum absolute atomic E-state index is 12.0. The topological polar surface area (TPSA) is 63.4 Å². The average Bonchev–Trinajstić information content (AvgIpc) is 2.28. The Morgan fingerprint density at radius 2 is 1.53 bits per heavy atom. The fourth-order valence-electron chi connectivity index (χ4n) is 2.37. The molecule has 0 aliphatic carbocycles. The van der Waals surface area contributed by atoms with E-state index in [2.05, 4.69) is 13.8 Å². The highest BCUT2D eigenvalue weighted by Gasteiger charge is 2.22. The molecule has 1 aromatic carbocycles. The molecule has 0 bridgehead atoms. The Labute approximate surface area is 116 Å². The first-order chi connectivity index (χ1) is 8.67. The number of hydrogen-bond acceptors (Lipinski definition) is 3. The molecule has 0 saturated heterocycles. The normalized spacial score (nSPS) is 15.8. The lowest BCUT2D eigenvalue weighted by Gasteiger charge is -2.25. The Morgan fingerprint density at radius 1 is 1.05 bits per heavy atom. The number of rotatable bonds is 5. The molecular weight excluding hydrogens is 260 g/mol. The van der Waals surface area contributed by atoms with Crippen molar-refractivity contribution in [3.8, 4) is 0 Å². The lowest BCUT2D eigenvalue weighted by Crippen LogP contribution is -2.28. The van der Waals surface area contributed by atoms with Crippen LogP contribution in [0, 0.1) is 5.92 Å². The second kappa shape index (κ2) is 6.03. The standard InChI is InChI=1S/C14H24N2O2S/c1-10(2)14(11(3)15)12-6-8-13(9-7-12)19(17,18)16(4)5/h6-11,14H,15H2,1-5H3. The molecule has 2 atom stereocenters. The molecule has 4 nitrogen and oxygen atoms in total. The van der Waals surface area contributed by atoms with E-state index >= 15 is 0 Å². The van der Waals surface area contributed by atoms with Crippen molar-refractivity contribution in [1.29, 1.82) is 0 Å². The molecule has 2 N–H and O–H groups in total. The van der Waals surface area contributed by atoms with Crippen molar-refractivity contribution in [3.63, 3.8) is 0 Å². The van der Waals surface area contributed by atoms with Crippen LogP contribution in [0.1, 0.15) is 32.3 Å². The van der Waals surface area contributed by atoms with Gasteiger partial charge in [-0.3, -0.25) is 0 Å².